The molecule has 0 bridgehead atoms. The van der Waals surface area contributed by atoms with Gasteiger partial charge in [-0.2, -0.15) is 5.26 Å². The molecule has 24 heavy (non-hydrogen) atoms. The number of ether oxygens (including phenoxy) is 1. The van der Waals surface area contributed by atoms with Gasteiger partial charge in [-0.1, -0.05) is 32.0 Å². The zero-order valence-electron chi connectivity index (χ0n) is 13.9. The van der Waals surface area contributed by atoms with Gasteiger partial charge in [0.25, 0.3) is 0 Å². The lowest BCUT2D eigenvalue weighted by Gasteiger charge is -2.23. The highest BCUT2D eigenvalue weighted by Gasteiger charge is 2.24. The lowest BCUT2D eigenvalue weighted by molar-refractivity contribution is 0.413. The maximum atomic E-state index is 12.7. The molecule has 0 fully saturated rings. The van der Waals surface area contributed by atoms with Gasteiger partial charge in [-0.05, 0) is 41.8 Å². The molecule has 0 amide bonds. The van der Waals surface area contributed by atoms with Crippen LogP contribution in [0.2, 0.25) is 0 Å². The summed E-state index contributed by atoms with van der Waals surface area (Å²) in [6.07, 6.45) is 0. The molecule has 0 aliphatic carbocycles. The number of nitrogens with zero attached hydrogens (tertiary/aromatic N) is 1. The van der Waals surface area contributed by atoms with E-state index >= 15 is 0 Å². The number of hydrogen-bond donors (Lipinski definition) is 1. The van der Waals surface area contributed by atoms with Crippen molar-refractivity contribution in [2.24, 2.45) is 5.92 Å². The number of sulfonamides is 1. The Hall–Kier alpha value is -2.36. The number of nitrogens with one attached hydrogen (secondary N) is 1. The van der Waals surface area contributed by atoms with Gasteiger partial charge in [0.15, 0.2) is 0 Å². The fraction of sp³-hybridized carbons (Fsp3) is 0.278. The predicted octanol–water partition coefficient (Wildman–Crippen LogP) is 3.24. The second kappa shape index (κ2) is 7.47. The fourth-order valence-corrected chi connectivity index (χ4v) is 3.79. The summed E-state index contributed by atoms with van der Waals surface area (Å²) in [5.41, 5.74) is 1.16. The van der Waals surface area contributed by atoms with Crippen molar-refractivity contribution in [3.8, 4) is 11.8 Å². The van der Waals surface area contributed by atoms with Crippen molar-refractivity contribution in [2.45, 2.75) is 24.8 Å². The van der Waals surface area contributed by atoms with Gasteiger partial charge in [-0.15, -0.1) is 0 Å². The lowest BCUT2D eigenvalue weighted by Crippen LogP contribution is -2.31. The van der Waals surface area contributed by atoms with Gasteiger partial charge in [0.1, 0.15) is 5.75 Å². The monoisotopic (exact) mass is 344 g/mol. The van der Waals surface area contributed by atoms with E-state index in [0.29, 0.717) is 11.3 Å². The third-order valence-electron chi connectivity index (χ3n) is 3.70. The van der Waals surface area contributed by atoms with E-state index in [1.807, 2.05) is 32.0 Å². The van der Waals surface area contributed by atoms with Gasteiger partial charge in [0, 0.05) is 6.04 Å². The quantitative estimate of drug-likeness (QED) is 0.872. The fourth-order valence-electron chi connectivity index (χ4n) is 2.37. The van der Waals surface area contributed by atoms with Crippen LogP contribution in [-0.4, -0.2) is 15.5 Å². The van der Waals surface area contributed by atoms with Crippen LogP contribution < -0.4 is 9.46 Å². The van der Waals surface area contributed by atoms with E-state index in [0.717, 1.165) is 5.56 Å². The van der Waals surface area contributed by atoms with E-state index in [4.69, 9.17) is 10.00 Å². The van der Waals surface area contributed by atoms with E-state index in [1.165, 1.54) is 12.1 Å². The van der Waals surface area contributed by atoms with Crippen molar-refractivity contribution >= 4 is 10.0 Å². The van der Waals surface area contributed by atoms with E-state index < -0.39 is 10.0 Å². The summed E-state index contributed by atoms with van der Waals surface area (Å²) < 4.78 is 33.2. The van der Waals surface area contributed by atoms with Crippen LogP contribution in [0.1, 0.15) is 31.0 Å². The van der Waals surface area contributed by atoms with E-state index in [9.17, 15) is 8.42 Å². The summed E-state index contributed by atoms with van der Waals surface area (Å²) in [4.78, 5) is 0.0840. The van der Waals surface area contributed by atoms with Gasteiger partial charge in [0.2, 0.25) is 10.0 Å². The first-order chi connectivity index (χ1) is 11.4. The molecule has 0 radical (unpaired) electrons. The Morgan fingerprint density at radius 3 is 2.33 bits per heavy atom. The summed E-state index contributed by atoms with van der Waals surface area (Å²) >= 11 is 0. The highest BCUT2D eigenvalue weighted by molar-refractivity contribution is 7.89. The molecule has 5 nitrogen and oxygen atoms in total. The smallest absolute Gasteiger partial charge is 0.241 e. The molecule has 1 unspecified atom stereocenters. The summed E-state index contributed by atoms with van der Waals surface area (Å²) in [6.45, 7) is 3.90. The highest BCUT2D eigenvalue weighted by Crippen LogP contribution is 2.26. The molecule has 0 aliphatic rings. The Kier molecular flexibility index (Phi) is 5.60. The molecule has 0 saturated carbocycles. The Balaban J connectivity index is 2.33. The molecule has 1 atom stereocenters. The van der Waals surface area contributed by atoms with Crippen LogP contribution in [0.3, 0.4) is 0 Å². The molecule has 6 heteroatoms. The van der Waals surface area contributed by atoms with Crippen molar-refractivity contribution < 1.29 is 13.2 Å². The molecule has 126 valence electrons. The third-order valence-corrected chi connectivity index (χ3v) is 5.14. The molecule has 0 aliphatic heterocycles. The van der Waals surface area contributed by atoms with Crippen LogP contribution in [0.5, 0.6) is 5.75 Å². The minimum Gasteiger partial charge on any atom is -0.497 e. The maximum Gasteiger partial charge on any atom is 0.241 e. The Morgan fingerprint density at radius 1 is 1.12 bits per heavy atom. The van der Waals surface area contributed by atoms with Crippen molar-refractivity contribution in [2.75, 3.05) is 7.11 Å². The first kappa shape index (κ1) is 18.0. The molecule has 0 aromatic heterocycles. The van der Waals surface area contributed by atoms with Crippen molar-refractivity contribution in [1.29, 1.82) is 5.26 Å². The van der Waals surface area contributed by atoms with Crippen LogP contribution >= 0.6 is 0 Å². The largest absolute Gasteiger partial charge is 0.497 e. The predicted molar refractivity (Wildman–Crippen MR) is 92.1 cm³/mol. The average molecular weight is 344 g/mol. The normalized spacial score (nSPS) is 12.6. The van der Waals surface area contributed by atoms with E-state index in [2.05, 4.69) is 4.72 Å². The summed E-state index contributed by atoms with van der Waals surface area (Å²) in [7, 11) is -2.15. The number of methoxy groups -OCH3 is 1. The van der Waals surface area contributed by atoms with E-state index in [1.54, 1.807) is 31.4 Å². The highest BCUT2D eigenvalue weighted by atomic mass is 32.2. The Bertz CT molecular complexity index is 837. The standard InChI is InChI=1S/C18H20N2O3S/c1-13(2)18(15-7-9-16(23-3)10-8-15)20-24(21,22)17-6-4-5-14(11-17)12-19/h4-11,13,18,20H,1-3H3. The first-order valence-electron chi connectivity index (χ1n) is 7.54. The van der Waals surface area contributed by atoms with Crippen molar-refractivity contribution in [3.05, 3.63) is 59.7 Å². The van der Waals surface area contributed by atoms with Gasteiger partial charge >= 0.3 is 0 Å². The van der Waals surface area contributed by atoms with Crippen LogP contribution in [0.25, 0.3) is 0 Å². The number of hydrogen-bond acceptors (Lipinski definition) is 4. The molecule has 1 N–H and O–H groups in total. The zero-order valence-corrected chi connectivity index (χ0v) is 14.7. The molecule has 0 saturated heterocycles. The summed E-state index contributed by atoms with van der Waals surface area (Å²) in [6, 6.07) is 14.8. The second-order valence-corrected chi connectivity index (χ2v) is 7.47. The van der Waals surface area contributed by atoms with Crippen LogP contribution in [0, 0.1) is 17.2 Å². The van der Waals surface area contributed by atoms with Gasteiger partial charge in [-0.25, -0.2) is 13.1 Å². The third kappa shape index (κ3) is 4.13. The minimum absolute atomic E-state index is 0.0484. The van der Waals surface area contributed by atoms with E-state index in [-0.39, 0.29) is 16.9 Å². The van der Waals surface area contributed by atoms with Gasteiger partial charge in [-0.3, -0.25) is 0 Å². The van der Waals surface area contributed by atoms with Gasteiger partial charge < -0.3 is 4.74 Å². The zero-order chi connectivity index (χ0) is 17.7. The van der Waals surface area contributed by atoms with Crippen molar-refractivity contribution in [1.82, 2.24) is 4.72 Å². The first-order valence-corrected chi connectivity index (χ1v) is 9.02. The molecule has 0 spiro atoms. The maximum absolute atomic E-state index is 12.7. The molecular weight excluding hydrogens is 324 g/mol. The summed E-state index contributed by atoms with van der Waals surface area (Å²) in [5, 5.41) is 8.95. The average Bonchev–Trinajstić information content (AvgIpc) is 2.59. The number of rotatable bonds is 6. The molecule has 2 rings (SSSR count). The van der Waals surface area contributed by atoms with Crippen LogP contribution in [0.4, 0.5) is 0 Å². The van der Waals surface area contributed by atoms with Gasteiger partial charge in [0.05, 0.1) is 23.6 Å². The SMILES string of the molecule is COc1ccc(C(NS(=O)(=O)c2cccc(C#N)c2)C(C)C)cc1. The Morgan fingerprint density at radius 2 is 1.79 bits per heavy atom. The number of nitriles is 1. The molecule has 2 aromatic rings. The van der Waals surface area contributed by atoms with Crippen LogP contribution in [0.15, 0.2) is 53.4 Å². The summed E-state index contributed by atoms with van der Waals surface area (Å²) in [5.74, 6) is 0.762. The topological polar surface area (TPSA) is 79.2 Å². The Labute approximate surface area is 142 Å². The lowest BCUT2D eigenvalue weighted by atomic mass is 9.97. The molecular formula is C18H20N2O3S. The molecule has 2 aromatic carbocycles. The minimum atomic E-state index is -3.73. The number of benzene rings is 2. The second-order valence-electron chi connectivity index (χ2n) is 5.76. The molecule has 0 heterocycles. The van der Waals surface area contributed by atoms with Crippen LogP contribution in [-0.2, 0) is 10.0 Å². The van der Waals surface area contributed by atoms with Crippen molar-refractivity contribution in [3.63, 3.8) is 0 Å².